The van der Waals surface area contributed by atoms with E-state index in [0.29, 0.717) is 5.33 Å². The highest BCUT2D eigenvalue weighted by Crippen LogP contribution is 2.18. The van der Waals surface area contributed by atoms with Gasteiger partial charge in [-0.1, -0.05) is 76.6 Å². The molecule has 1 atom stereocenters. The van der Waals surface area contributed by atoms with E-state index in [1.54, 1.807) is 0 Å². The van der Waals surface area contributed by atoms with Gasteiger partial charge in [-0.15, -0.1) is 0 Å². The molecule has 2 aromatic rings. The van der Waals surface area contributed by atoms with Gasteiger partial charge in [0.15, 0.2) is 0 Å². The maximum atomic E-state index is 11.6. The third-order valence-electron chi connectivity index (χ3n) is 2.94. The molecular formula is C16H16BrNO. The van der Waals surface area contributed by atoms with Gasteiger partial charge >= 0.3 is 0 Å². The van der Waals surface area contributed by atoms with Gasteiger partial charge in [0.2, 0.25) is 5.91 Å². The Morgan fingerprint density at radius 3 is 2.16 bits per heavy atom. The van der Waals surface area contributed by atoms with Crippen LogP contribution in [0.5, 0.6) is 0 Å². The van der Waals surface area contributed by atoms with Crippen molar-refractivity contribution >= 4 is 21.8 Å². The lowest BCUT2D eigenvalue weighted by molar-refractivity contribution is -0.119. The van der Waals surface area contributed by atoms with E-state index in [-0.39, 0.29) is 11.9 Å². The minimum Gasteiger partial charge on any atom is -0.348 e. The van der Waals surface area contributed by atoms with Gasteiger partial charge in [-0.3, -0.25) is 4.79 Å². The lowest BCUT2D eigenvalue weighted by Crippen LogP contribution is -2.30. The highest BCUT2D eigenvalue weighted by Gasteiger charge is 2.14. The highest BCUT2D eigenvalue weighted by atomic mass is 79.9. The SMILES string of the molecule is O=C(CBr)NC(Cc1ccccc1)c1ccccc1. The van der Waals surface area contributed by atoms with Crippen LogP contribution in [0.15, 0.2) is 60.7 Å². The summed E-state index contributed by atoms with van der Waals surface area (Å²) < 4.78 is 0. The van der Waals surface area contributed by atoms with Gasteiger partial charge in [-0.25, -0.2) is 0 Å². The number of carbonyl (C=O) groups excluding carboxylic acids is 1. The maximum Gasteiger partial charge on any atom is 0.231 e. The van der Waals surface area contributed by atoms with Gasteiger partial charge in [-0.2, -0.15) is 0 Å². The van der Waals surface area contributed by atoms with Crippen molar-refractivity contribution in [2.24, 2.45) is 0 Å². The Hall–Kier alpha value is -1.61. The van der Waals surface area contributed by atoms with Crippen molar-refractivity contribution < 1.29 is 4.79 Å². The van der Waals surface area contributed by atoms with Crippen LogP contribution in [0.25, 0.3) is 0 Å². The fraction of sp³-hybridized carbons (Fsp3) is 0.188. The molecule has 0 fully saturated rings. The van der Waals surface area contributed by atoms with E-state index < -0.39 is 0 Å². The monoisotopic (exact) mass is 317 g/mol. The summed E-state index contributed by atoms with van der Waals surface area (Å²) in [6.45, 7) is 0. The molecule has 2 nitrogen and oxygen atoms in total. The molecule has 1 unspecified atom stereocenters. The topological polar surface area (TPSA) is 29.1 Å². The van der Waals surface area contributed by atoms with Crippen LogP contribution in [0.4, 0.5) is 0 Å². The average Bonchev–Trinajstić information content (AvgIpc) is 2.48. The van der Waals surface area contributed by atoms with Crippen molar-refractivity contribution in [1.29, 1.82) is 0 Å². The maximum absolute atomic E-state index is 11.6. The lowest BCUT2D eigenvalue weighted by atomic mass is 9.99. The fourth-order valence-corrected chi connectivity index (χ4v) is 2.18. The molecule has 0 aromatic heterocycles. The van der Waals surface area contributed by atoms with Crippen LogP contribution in [-0.2, 0) is 11.2 Å². The Kier molecular flexibility index (Phi) is 5.16. The summed E-state index contributed by atoms with van der Waals surface area (Å²) in [4.78, 5) is 11.6. The molecule has 1 amide bonds. The molecule has 2 rings (SSSR count). The normalized spacial score (nSPS) is 11.8. The van der Waals surface area contributed by atoms with Gasteiger partial charge in [0.05, 0.1) is 11.4 Å². The molecule has 0 aliphatic carbocycles. The quantitative estimate of drug-likeness (QED) is 0.840. The zero-order valence-corrected chi connectivity index (χ0v) is 12.1. The average molecular weight is 318 g/mol. The Morgan fingerprint density at radius 1 is 1.00 bits per heavy atom. The van der Waals surface area contributed by atoms with E-state index in [2.05, 4.69) is 33.4 Å². The largest absolute Gasteiger partial charge is 0.348 e. The van der Waals surface area contributed by atoms with Crippen molar-refractivity contribution in [3.63, 3.8) is 0 Å². The van der Waals surface area contributed by atoms with Gasteiger partial charge in [0, 0.05) is 0 Å². The third-order valence-corrected chi connectivity index (χ3v) is 3.45. The first kappa shape index (κ1) is 13.8. The molecule has 0 saturated heterocycles. The van der Waals surface area contributed by atoms with Crippen LogP contribution in [0, 0.1) is 0 Å². The van der Waals surface area contributed by atoms with Gasteiger partial charge in [0.1, 0.15) is 0 Å². The minimum absolute atomic E-state index is 0.00443. The van der Waals surface area contributed by atoms with E-state index >= 15 is 0 Å². The molecule has 0 heterocycles. The Labute approximate surface area is 122 Å². The Balaban J connectivity index is 2.17. The molecule has 3 heteroatoms. The second kappa shape index (κ2) is 7.10. The molecule has 0 radical (unpaired) electrons. The number of nitrogens with one attached hydrogen (secondary N) is 1. The van der Waals surface area contributed by atoms with Crippen molar-refractivity contribution in [3.8, 4) is 0 Å². The summed E-state index contributed by atoms with van der Waals surface area (Å²) in [5.41, 5.74) is 2.34. The number of benzene rings is 2. The summed E-state index contributed by atoms with van der Waals surface area (Å²) in [6, 6.07) is 20.3. The number of amides is 1. The number of hydrogen-bond acceptors (Lipinski definition) is 1. The minimum atomic E-state index is 0.00443. The number of hydrogen-bond donors (Lipinski definition) is 1. The van der Waals surface area contributed by atoms with Gasteiger partial charge in [-0.05, 0) is 17.5 Å². The molecule has 19 heavy (non-hydrogen) atoms. The summed E-state index contributed by atoms with van der Waals surface area (Å²) in [6.07, 6.45) is 0.795. The van der Waals surface area contributed by atoms with E-state index in [9.17, 15) is 4.79 Å². The zero-order valence-electron chi connectivity index (χ0n) is 10.6. The second-order valence-corrected chi connectivity index (χ2v) is 4.91. The van der Waals surface area contributed by atoms with E-state index in [0.717, 1.165) is 12.0 Å². The summed E-state index contributed by atoms with van der Waals surface area (Å²) in [5, 5.41) is 3.37. The standard InChI is InChI=1S/C16H16BrNO/c17-12-16(19)18-15(14-9-5-2-6-10-14)11-13-7-3-1-4-8-13/h1-10,15H,11-12H2,(H,18,19). The number of halogens is 1. The Bertz CT molecular complexity index is 513. The van der Waals surface area contributed by atoms with Crippen molar-refractivity contribution in [3.05, 3.63) is 71.8 Å². The summed E-state index contributed by atoms with van der Waals surface area (Å²) in [5.74, 6) is 0.00443. The van der Waals surface area contributed by atoms with Crippen LogP contribution in [-0.4, -0.2) is 11.2 Å². The first-order chi connectivity index (χ1) is 9.29. The van der Waals surface area contributed by atoms with Crippen molar-refractivity contribution in [2.45, 2.75) is 12.5 Å². The van der Waals surface area contributed by atoms with Crippen LogP contribution in [0.2, 0.25) is 0 Å². The fourth-order valence-electron chi connectivity index (χ4n) is 2.02. The van der Waals surface area contributed by atoms with Crippen molar-refractivity contribution in [2.75, 3.05) is 5.33 Å². The van der Waals surface area contributed by atoms with Crippen LogP contribution >= 0.6 is 15.9 Å². The Morgan fingerprint density at radius 2 is 1.58 bits per heavy atom. The van der Waals surface area contributed by atoms with E-state index in [1.165, 1.54) is 5.56 Å². The molecule has 1 N–H and O–H groups in total. The van der Waals surface area contributed by atoms with E-state index in [1.807, 2.05) is 48.5 Å². The lowest BCUT2D eigenvalue weighted by Gasteiger charge is -2.19. The van der Waals surface area contributed by atoms with Crippen LogP contribution in [0.3, 0.4) is 0 Å². The highest BCUT2D eigenvalue weighted by molar-refractivity contribution is 9.09. The molecule has 0 aliphatic rings. The number of rotatable bonds is 5. The smallest absolute Gasteiger partial charge is 0.231 e. The van der Waals surface area contributed by atoms with Gasteiger partial charge in [0.25, 0.3) is 0 Å². The molecule has 0 aliphatic heterocycles. The number of alkyl halides is 1. The van der Waals surface area contributed by atoms with Crippen LogP contribution in [0.1, 0.15) is 17.2 Å². The molecule has 0 saturated carbocycles. The second-order valence-electron chi connectivity index (χ2n) is 4.35. The predicted molar refractivity (Wildman–Crippen MR) is 81.3 cm³/mol. The number of carbonyl (C=O) groups is 1. The third kappa shape index (κ3) is 4.21. The van der Waals surface area contributed by atoms with Gasteiger partial charge < -0.3 is 5.32 Å². The molecule has 0 spiro atoms. The predicted octanol–water partition coefficient (Wildman–Crippen LogP) is 3.48. The molecule has 0 bridgehead atoms. The first-order valence-corrected chi connectivity index (χ1v) is 7.36. The molecule has 2 aromatic carbocycles. The van der Waals surface area contributed by atoms with E-state index in [4.69, 9.17) is 0 Å². The summed E-state index contributed by atoms with van der Waals surface area (Å²) >= 11 is 3.19. The van der Waals surface area contributed by atoms with Crippen molar-refractivity contribution in [1.82, 2.24) is 5.32 Å². The molecular weight excluding hydrogens is 302 g/mol. The zero-order chi connectivity index (χ0) is 13.5. The molecule has 98 valence electrons. The summed E-state index contributed by atoms with van der Waals surface area (Å²) in [7, 11) is 0. The van der Waals surface area contributed by atoms with Crippen LogP contribution < -0.4 is 5.32 Å². The first-order valence-electron chi connectivity index (χ1n) is 6.24.